The van der Waals surface area contributed by atoms with E-state index in [2.05, 4.69) is 5.32 Å². The molecule has 1 N–H and O–H groups in total. The molecule has 0 unspecified atom stereocenters. The van der Waals surface area contributed by atoms with Crippen LogP contribution in [-0.2, 0) is 9.59 Å². The molecule has 0 saturated heterocycles. The Bertz CT molecular complexity index is 295. The van der Waals surface area contributed by atoms with Gasteiger partial charge >= 0.3 is 0 Å². The highest BCUT2D eigenvalue weighted by atomic mass is 16.2. The third-order valence-electron chi connectivity index (χ3n) is 4.38. The van der Waals surface area contributed by atoms with E-state index >= 15 is 0 Å². The lowest BCUT2D eigenvalue weighted by atomic mass is 9.86. The molecule has 0 aromatic rings. The molecule has 0 radical (unpaired) electrons. The van der Waals surface area contributed by atoms with Gasteiger partial charge in [-0.15, -0.1) is 0 Å². The molecule has 18 heavy (non-hydrogen) atoms. The maximum atomic E-state index is 11.7. The van der Waals surface area contributed by atoms with Crippen LogP contribution in [0.5, 0.6) is 0 Å². The second-order valence-corrected chi connectivity index (χ2v) is 5.87. The van der Waals surface area contributed by atoms with Crippen molar-refractivity contribution < 1.29 is 9.59 Å². The van der Waals surface area contributed by atoms with Crippen molar-refractivity contribution in [2.75, 3.05) is 0 Å². The minimum absolute atomic E-state index is 0.0751. The SMILES string of the molecule is O=C(CCCC1CCCCC1)N[C@@H]1CCCC1=O. The van der Waals surface area contributed by atoms with Crippen molar-refractivity contribution in [3.05, 3.63) is 0 Å². The quantitative estimate of drug-likeness (QED) is 0.816. The van der Waals surface area contributed by atoms with Gasteiger partial charge in [0.2, 0.25) is 5.91 Å². The molecule has 2 rings (SSSR count). The van der Waals surface area contributed by atoms with Gasteiger partial charge in [-0.2, -0.15) is 0 Å². The molecule has 3 nitrogen and oxygen atoms in total. The zero-order chi connectivity index (χ0) is 12.8. The molecular formula is C15H25NO2. The van der Waals surface area contributed by atoms with Crippen molar-refractivity contribution >= 4 is 11.7 Å². The van der Waals surface area contributed by atoms with Crippen molar-refractivity contribution in [2.45, 2.75) is 76.7 Å². The smallest absolute Gasteiger partial charge is 0.220 e. The molecule has 2 aliphatic rings. The molecule has 0 heterocycles. The van der Waals surface area contributed by atoms with Crippen LogP contribution in [0.3, 0.4) is 0 Å². The topological polar surface area (TPSA) is 46.2 Å². The number of hydrogen-bond donors (Lipinski definition) is 1. The first-order chi connectivity index (χ1) is 8.75. The average molecular weight is 251 g/mol. The molecule has 1 amide bonds. The maximum absolute atomic E-state index is 11.7. The molecule has 0 aromatic carbocycles. The van der Waals surface area contributed by atoms with E-state index in [0.717, 1.165) is 25.2 Å². The van der Waals surface area contributed by atoms with E-state index in [1.165, 1.54) is 38.5 Å². The molecular weight excluding hydrogens is 226 g/mol. The summed E-state index contributed by atoms with van der Waals surface area (Å²) in [6, 6.07) is -0.174. The lowest BCUT2D eigenvalue weighted by molar-refractivity contribution is -0.126. The monoisotopic (exact) mass is 251 g/mol. The first-order valence-electron chi connectivity index (χ1n) is 7.58. The van der Waals surface area contributed by atoms with Gasteiger partial charge in [-0.3, -0.25) is 9.59 Å². The molecule has 2 fully saturated rings. The molecule has 3 heteroatoms. The third-order valence-corrected chi connectivity index (χ3v) is 4.38. The summed E-state index contributed by atoms with van der Waals surface area (Å²) in [5, 5.41) is 2.88. The van der Waals surface area contributed by atoms with Gasteiger partial charge in [0.15, 0.2) is 5.78 Å². The Hall–Kier alpha value is -0.860. The first kappa shape index (κ1) is 13.6. The zero-order valence-corrected chi connectivity index (χ0v) is 11.2. The van der Waals surface area contributed by atoms with E-state index in [9.17, 15) is 9.59 Å². The van der Waals surface area contributed by atoms with E-state index < -0.39 is 0 Å². The molecule has 0 spiro atoms. The van der Waals surface area contributed by atoms with Gasteiger partial charge in [-0.1, -0.05) is 32.1 Å². The molecule has 1 atom stereocenters. The number of hydrogen-bond acceptors (Lipinski definition) is 2. The molecule has 0 bridgehead atoms. The van der Waals surface area contributed by atoms with Crippen LogP contribution in [0.4, 0.5) is 0 Å². The van der Waals surface area contributed by atoms with Crippen molar-refractivity contribution in [1.82, 2.24) is 5.32 Å². The van der Waals surface area contributed by atoms with Gasteiger partial charge < -0.3 is 5.32 Å². The van der Waals surface area contributed by atoms with Crippen LogP contribution in [0.2, 0.25) is 0 Å². The summed E-state index contributed by atoms with van der Waals surface area (Å²) in [7, 11) is 0. The summed E-state index contributed by atoms with van der Waals surface area (Å²) >= 11 is 0. The number of amides is 1. The van der Waals surface area contributed by atoms with E-state index in [4.69, 9.17) is 0 Å². The predicted molar refractivity (Wildman–Crippen MR) is 71.2 cm³/mol. The van der Waals surface area contributed by atoms with Crippen LogP contribution >= 0.6 is 0 Å². The van der Waals surface area contributed by atoms with E-state index in [-0.39, 0.29) is 17.7 Å². The Morgan fingerprint density at radius 3 is 2.56 bits per heavy atom. The number of ketones is 1. The summed E-state index contributed by atoms with van der Waals surface area (Å²) < 4.78 is 0. The van der Waals surface area contributed by atoms with Gasteiger partial charge in [0.25, 0.3) is 0 Å². The number of nitrogens with one attached hydrogen (secondary N) is 1. The second kappa shape index (κ2) is 6.91. The van der Waals surface area contributed by atoms with Crippen molar-refractivity contribution in [3.8, 4) is 0 Å². The van der Waals surface area contributed by atoms with E-state index in [1.807, 2.05) is 0 Å². The van der Waals surface area contributed by atoms with Gasteiger partial charge in [-0.05, 0) is 31.6 Å². The molecule has 2 saturated carbocycles. The molecule has 2 aliphatic carbocycles. The zero-order valence-electron chi connectivity index (χ0n) is 11.2. The standard InChI is InChI=1S/C15H25NO2/c17-14-10-5-9-13(14)16-15(18)11-4-8-12-6-2-1-3-7-12/h12-13H,1-11H2,(H,16,18)/t13-/m1/s1. The number of carbonyl (C=O) groups is 2. The fourth-order valence-corrected chi connectivity index (χ4v) is 3.26. The Balaban J connectivity index is 1.58. The van der Waals surface area contributed by atoms with Crippen LogP contribution in [0, 0.1) is 5.92 Å². The number of Topliss-reactive ketones (excluding diaryl/α,β-unsaturated/α-hetero) is 1. The fraction of sp³-hybridized carbons (Fsp3) is 0.867. The minimum atomic E-state index is -0.174. The second-order valence-electron chi connectivity index (χ2n) is 5.87. The Morgan fingerprint density at radius 2 is 1.89 bits per heavy atom. The average Bonchev–Trinajstić information content (AvgIpc) is 2.76. The Kier molecular flexibility index (Phi) is 5.21. The highest BCUT2D eigenvalue weighted by Crippen LogP contribution is 2.27. The Morgan fingerprint density at radius 1 is 1.11 bits per heavy atom. The Labute approximate surface area is 110 Å². The van der Waals surface area contributed by atoms with Gasteiger partial charge in [0.1, 0.15) is 0 Å². The van der Waals surface area contributed by atoms with Crippen molar-refractivity contribution in [2.24, 2.45) is 5.92 Å². The summed E-state index contributed by atoms with van der Waals surface area (Å²) in [5.41, 5.74) is 0. The first-order valence-corrected chi connectivity index (χ1v) is 7.58. The molecule has 0 aromatic heterocycles. The van der Waals surface area contributed by atoms with Gasteiger partial charge in [-0.25, -0.2) is 0 Å². The largest absolute Gasteiger partial charge is 0.346 e. The third kappa shape index (κ3) is 4.11. The van der Waals surface area contributed by atoms with Crippen LogP contribution < -0.4 is 5.32 Å². The van der Waals surface area contributed by atoms with E-state index in [0.29, 0.717) is 12.8 Å². The van der Waals surface area contributed by atoms with Crippen LogP contribution in [0.15, 0.2) is 0 Å². The molecule has 102 valence electrons. The van der Waals surface area contributed by atoms with E-state index in [1.54, 1.807) is 0 Å². The lowest BCUT2D eigenvalue weighted by Crippen LogP contribution is -2.37. The van der Waals surface area contributed by atoms with Crippen LogP contribution in [0.25, 0.3) is 0 Å². The molecule has 0 aliphatic heterocycles. The van der Waals surface area contributed by atoms with Crippen LogP contribution in [0.1, 0.15) is 70.6 Å². The summed E-state index contributed by atoms with van der Waals surface area (Å²) in [6.45, 7) is 0. The lowest BCUT2D eigenvalue weighted by Gasteiger charge is -2.21. The minimum Gasteiger partial charge on any atom is -0.346 e. The van der Waals surface area contributed by atoms with Crippen molar-refractivity contribution in [1.29, 1.82) is 0 Å². The fourth-order valence-electron chi connectivity index (χ4n) is 3.26. The maximum Gasteiger partial charge on any atom is 0.220 e. The highest BCUT2D eigenvalue weighted by Gasteiger charge is 2.25. The van der Waals surface area contributed by atoms with Gasteiger partial charge in [0.05, 0.1) is 6.04 Å². The van der Waals surface area contributed by atoms with Gasteiger partial charge in [0, 0.05) is 12.8 Å². The summed E-state index contributed by atoms with van der Waals surface area (Å²) in [5.74, 6) is 1.14. The highest BCUT2D eigenvalue weighted by molar-refractivity contribution is 5.90. The van der Waals surface area contributed by atoms with Crippen LogP contribution in [-0.4, -0.2) is 17.7 Å². The summed E-state index contributed by atoms with van der Waals surface area (Å²) in [4.78, 5) is 23.1. The number of rotatable bonds is 5. The number of carbonyl (C=O) groups excluding carboxylic acids is 2. The normalized spacial score (nSPS) is 25.3. The summed E-state index contributed by atoms with van der Waals surface area (Å²) in [6.07, 6.45) is 12.0. The van der Waals surface area contributed by atoms with Crippen molar-refractivity contribution in [3.63, 3.8) is 0 Å². The predicted octanol–water partition coefficient (Wildman–Crippen LogP) is 2.97.